The maximum Gasteiger partial charge on any atom is 0.425 e. The van der Waals surface area contributed by atoms with Crippen molar-refractivity contribution in [3.63, 3.8) is 0 Å². The van der Waals surface area contributed by atoms with E-state index in [0.717, 1.165) is 23.5 Å². The highest BCUT2D eigenvalue weighted by atomic mass is 19.4. The van der Waals surface area contributed by atoms with Crippen LogP contribution in [0.1, 0.15) is 40.9 Å². The first-order valence-corrected chi connectivity index (χ1v) is 10.8. The number of aromatic nitrogens is 2. The molecule has 7 nitrogen and oxygen atoms in total. The monoisotopic (exact) mass is 451 g/mol. The van der Waals surface area contributed by atoms with Crippen molar-refractivity contribution in [2.45, 2.75) is 57.2 Å². The molecule has 5 rings (SSSR count). The van der Waals surface area contributed by atoms with E-state index in [1.165, 1.54) is 23.6 Å². The van der Waals surface area contributed by atoms with Crippen molar-refractivity contribution in [2.75, 3.05) is 13.2 Å². The molecule has 1 aliphatic carbocycles. The van der Waals surface area contributed by atoms with E-state index in [0.29, 0.717) is 25.6 Å². The largest absolute Gasteiger partial charge is 0.491 e. The maximum atomic E-state index is 12.9. The second-order valence-corrected chi connectivity index (χ2v) is 8.61. The van der Waals surface area contributed by atoms with E-state index < -0.39 is 18.2 Å². The number of rotatable bonds is 6. The van der Waals surface area contributed by atoms with Gasteiger partial charge in [0.25, 0.3) is 5.91 Å². The zero-order valence-electron chi connectivity index (χ0n) is 17.4. The lowest BCUT2D eigenvalue weighted by molar-refractivity contribution is -0.203. The molecule has 32 heavy (non-hydrogen) atoms. The summed E-state index contributed by atoms with van der Waals surface area (Å²) in [4.78, 5) is 12.7. The minimum Gasteiger partial charge on any atom is -0.491 e. The molecule has 2 aliphatic heterocycles. The number of benzene rings is 1. The lowest BCUT2D eigenvalue weighted by Crippen LogP contribution is -2.43. The zero-order chi connectivity index (χ0) is 22.3. The Morgan fingerprint density at radius 3 is 2.88 bits per heavy atom. The lowest BCUT2D eigenvalue weighted by Gasteiger charge is -2.26. The molecule has 0 radical (unpaired) electrons. The van der Waals surface area contributed by atoms with Crippen LogP contribution in [0.4, 0.5) is 13.2 Å². The first-order chi connectivity index (χ1) is 15.3. The van der Waals surface area contributed by atoms with Crippen molar-refractivity contribution in [3.8, 4) is 11.6 Å². The Morgan fingerprint density at radius 2 is 2.09 bits per heavy atom. The van der Waals surface area contributed by atoms with Crippen LogP contribution in [0.5, 0.6) is 11.6 Å². The van der Waals surface area contributed by atoms with Gasteiger partial charge >= 0.3 is 6.18 Å². The Labute approximate surface area is 182 Å². The van der Waals surface area contributed by atoms with Gasteiger partial charge in [-0.2, -0.15) is 18.3 Å². The molecule has 1 N–H and O–H groups in total. The van der Waals surface area contributed by atoms with Crippen molar-refractivity contribution < 1.29 is 32.2 Å². The fraction of sp³-hybridized carbons (Fsp3) is 0.545. The topological polar surface area (TPSA) is 74.6 Å². The maximum absolute atomic E-state index is 12.9. The van der Waals surface area contributed by atoms with E-state index >= 15 is 0 Å². The number of amides is 1. The number of alkyl halides is 3. The predicted molar refractivity (Wildman–Crippen MR) is 107 cm³/mol. The molecule has 172 valence electrons. The highest BCUT2D eigenvalue weighted by molar-refractivity contribution is 5.92. The summed E-state index contributed by atoms with van der Waals surface area (Å²) in [7, 11) is 0. The van der Waals surface area contributed by atoms with Gasteiger partial charge in [-0.05, 0) is 48.4 Å². The molecule has 2 atom stereocenters. The molecule has 1 amide bonds. The second kappa shape index (κ2) is 8.31. The van der Waals surface area contributed by atoms with Crippen LogP contribution < -0.4 is 14.8 Å². The third kappa shape index (κ3) is 4.69. The molecule has 3 aliphatic rings. The summed E-state index contributed by atoms with van der Waals surface area (Å²) in [6.45, 7) is 1.67. The number of ether oxygens (including phenoxy) is 3. The Morgan fingerprint density at radius 1 is 1.25 bits per heavy atom. The van der Waals surface area contributed by atoms with Crippen LogP contribution >= 0.6 is 0 Å². The van der Waals surface area contributed by atoms with Crippen LogP contribution in [0, 0.1) is 5.92 Å². The van der Waals surface area contributed by atoms with E-state index in [9.17, 15) is 18.0 Å². The van der Waals surface area contributed by atoms with E-state index in [4.69, 9.17) is 14.2 Å². The van der Waals surface area contributed by atoms with Gasteiger partial charge in [0.1, 0.15) is 12.4 Å². The predicted octanol–water partition coefficient (Wildman–Crippen LogP) is 3.26. The first kappa shape index (κ1) is 21.1. The fourth-order valence-electron chi connectivity index (χ4n) is 3.96. The Bertz CT molecular complexity index is 1000. The minimum absolute atomic E-state index is 0.0239. The number of nitrogens with one attached hydrogen (secondary N) is 1. The van der Waals surface area contributed by atoms with E-state index in [1.807, 2.05) is 18.2 Å². The summed E-state index contributed by atoms with van der Waals surface area (Å²) >= 11 is 0. The smallest absolute Gasteiger partial charge is 0.425 e. The minimum atomic E-state index is -4.45. The number of carbonyl (C=O) groups excluding carboxylic acids is 1. The molecule has 3 heterocycles. The highest BCUT2D eigenvalue weighted by Crippen LogP contribution is 2.32. The van der Waals surface area contributed by atoms with Crippen LogP contribution in [0.3, 0.4) is 0 Å². The Balaban J connectivity index is 1.19. The molecule has 1 aromatic carbocycles. The summed E-state index contributed by atoms with van der Waals surface area (Å²) in [6.07, 6.45) is -3.50. The molecule has 0 saturated heterocycles. The van der Waals surface area contributed by atoms with Gasteiger partial charge in [-0.15, -0.1) is 0 Å². The third-order valence-electron chi connectivity index (χ3n) is 5.89. The highest BCUT2D eigenvalue weighted by Gasteiger charge is 2.44. The summed E-state index contributed by atoms with van der Waals surface area (Å²) in [5, 5.41) is 6.96. The quantitative estimate of drug-likeness (QED) is 0.730. The van der Waals surface area contributed by atoms with Crippen molar-refractivity contribution >= 4 is 5.91 Å². The summed E-state index contributed by atoms with van der Waals surface area (Å²) in [5.41, 5.74) is 2.06. The number of nitrogens with zero attached hydrogens (tertiary/aromatic N) is 2. The van der Waals surface area contributed by atoms with Gasteiger partial charge in [-0.1, -0.05) is 6.07 Å². The molecule has 0 bridgehead atoms. The van der Waals surface area contributed by atoms with E-state index in [-0.39, 0.29) is 30.6 Å². The molecular weight excluding hydrogens is 427 g/mol. The number of halogens is 3. The van der Waals surface area contributed by atoms with Gasteiger partial charge in [0.15, 0.2) is 11.8 Å². The normalized spacial score (nSPS) is 22.3. The van der Waals surface area contributed by atoms with Crippen LogP contribution in [0.25, 0.3) is 0 Å². The molecule has 1 aromatic heterocycles. The van der Waals surface area contributed by atoms with Crippen molar-refractivity contribution in [1.82, 2.24) is 15.1 Å². The standard InChI is InChI=1S/C22H24F3N3O4/c23-22(24,25)19-5-6-28-20(32-19)9-17(27-28)21(29)26-16-8-15-7-14(3-4-18(15)31-12-16)11-30-10-13-1-2-13/h3-4,7,9,13,16,19H,1-2,5-6,8,10-12H2,(H,26,29)/t16-,19?/m1/s1. The number of hydrogen-bond donors (Lipinski definition) is 1. The molecule has 1 unspecified atom stereocenters. The van der Waals surface area contributed by atoms with Gasteiger partial charge in [-0.25, -0.2) is 4.68 Å². The molecule has 1 fully saturated rings. The fourth-order valence-corrected chi connectivity index (χ4v) is 3.96. The molecular formula is C22H24F3N3O4. The van der Waals surface area contributed by atoms with Crippen molar-refractivity contribution in [3.05, 3.63) is 41.1 Å². The lowest BCUT2D eigenvalue weighted by atomic mass is 10.0. The van der Waals surface area contributed by atoms with Crippen LogP contribution in [0.15, 0.2) is 24.3 Å². The van der Waals surface area contributed by atoms with Gasteiger partial charge < -0.3 is 19.5 Å². The molecule has 0 spiro atoms. The first-order valence-electron chi connectivity index (χ1n) is 10.8. The zero-order valence-corrected chi connectivity index (χ0v) is 17.4. The van der Waals surface area contributed by atoms with Gasteiger partial charge in [0.2, 0.25) is 5.88 Å². The van der Waals surface area contributed by atoms with Gasteiger partial charge in [0.05, 0.1) is 12.6 Å². The van der Waals surface area contributed by atoms with Crippen LogP contribution in [-0.4, -0.2) is 47.2 Å². The Kier molecular flexibility index (Phi) is 5.48. The Hall–Kier alpha value is -2.75. The molecule has 10 heteroatoms. The summed E-state index contributed by atoms with van der Waals surface area (Å²) in [5.74, 6) is 0.962. The molecule has 2 aromatic rings. The number of hydrogen-bond acceptors (Lipinski definition) is 5. The van der Waals surface area contributed by atoms with Gasteiger partial charge in [-0.3, -0.25) is 4.79 Å². The number of carbonyl (C=O) groups is 1. The average molecular weight is 451 g/mol. The van der Waals surface area contributed by atoms with Crippen molar-refractivity contribution in [2.24, 2.45) is 5.92 Å². The summed E-state index contributed by atoms with van der Waals surface area (Å²) < 4.78 is 56.5. The summed E-state index contributed by atoms with van der Waals surface area (Å²) in [6, 6.07) is 6.90. The third-order valence-corrected chi connectivity index (χ3v) is 5.89. The van der Waals surface area contributed by atoms with Crippen molar-refractivity contribution in [1.29, 1.82) is 0 Å². The average Bonchev–Trinajstić information content (AvgIpc) is 3.47. The molecule has 1 saturated carbocycles. The van der Waals surface area contributed by atoms with Crippen LogP contribution in [0.2, 0.25) is 0 Å². The number of fused-ring (bicyclic) bond motifs is 2. The SMILES string of the molecule is O=C(N[C@H]1COc2ccc(COCC3CC3)cc2C1)c1cc2n(n1)CCC(C(F)(F)F)O2. The number of aryl methyl sites for hydroxylation is 1. The van der Waals surface area contributed by atoms with Gasteiger partial charge in [0, 0.05) is 25.6 Å². The second-order valence-electron chi connectivity index (χ2n) is 8.61. The van der Waals surface area contributed by atoms with E-state index in [1.54, 1.807) is 0 Å². The van der Waals surface area contributed by atoms with E-state index in [2.05, 4.69) is 10.4 Å². The van der Waals surface area contributed by atoms with Crippen LogP contribution in [-0.2, 0) is 24.3 Å².